The van der Waals surface area contributed by atoms with Crippen LogP contribution in [0.2, 0.25) is 0 Å². The number of hydrogen-bond acceptors (Lipinski definition) is 4. The molecule has 2 N–H and O–H groups in total. The average molecular weight is 277 g/mol. The second kappa shape index (κ2) is 6.28. The van der Waals surface area contributed by atoms with Crippen LogP contribution >= 0.6 is 0 Å². The topological polar surface area (TPSA) is 98.5 Å². The average Bonchev–Trinajstić information content (AvgIpc) is 2.34. The maximum Gasteiger partial charge on any atom is 0.491 e. The van der Waals surface area contributed by atoms with Crippen LogP contribution in [0.3, 0.4) is 0 Å². The summed E-state index contributed by atoms with van der Waals surface area (Å²) in [4.78, 5) is 2.71. The van der Waals surface area contributed by atoms with Crippen LogP contribution in [0.1, 0.15) is 33.3 Å². The Labute approximate surface area is 119 Å². The van der Waals surface area contributed by atoms with Crippen LogP contribution in [0.25, 0.3) is 10.4 Å². The van der Waals surface area contributed by atoms with E-state index in [2.05, 4.69) is 10.0 Å². The third-order valence-corrected chi connectivity index (χ3v) is 3.51. The minimum absolute atomic E-state index is 0.135. The van der Waals surface area contributed by atoms with E-state index >= 15 is 0 Å². The molecule has 0 spiro atoms. The summed E-state index contributed by atoms with van der Waals surface area (Å²) in [5, 5.41) is 23.8. The Balaban J connectivity index is 2.98. The molecule has 0 saturated carbocycles. The first kappa shape index (κ1) is 16.5. The highest BCUT2D eigenvalue weighted by atomic mass is 16.5. The van der Waals surface area contributed by atoms with Gasteiger partial charge in [-0.2, -0.15) is 0 Å². The molecule has 1 aromatic carbocycles. The fourth-order valence-electron chi connectivity index (χ4n) is 1.51. The Morgan fingerprint density at radius 3 is 2.45 bits per heavy atom. The Kier molecular flexibility index (Phi) is 5.19. The van der Waals surface area contributed by atoms with Crippen molar-refractivity contribution >= 4 is 12.6 Å². The zero-order valence-electron chi connectivity index (χ0n) is 12.2. The minimum Gasteiger partial charge on any atom is -0.423 e. The third-order valence-electron chi connectivity index (χ3n) is 3.51. The first-order valence-electron chi connectivity index (χ1n) is 6.36. The fraction of sp³-hybridized carbons (Fsp3) is 0.538. The molecule has 0 aliphatic heterocycles. The Morgan fingerprint density at radius 1 is 1.30 bits per heavy atom. The summed E-state index contributed by atoms with van der Waals surface area (Å²) < 4.78 is 5.58. The van der Waals surface area contributed by atoms with Crippen molar-refractivity contribution in [2.24, 2.45) is 5.11 Å². The lowest BCUT2D eigenvalue weighted by molar-refractivity contribution is -0.0982. The number of benzene rings is 1. The Bertz CT molecular complexity index is 508. The van der Waals surface area contributed by atoms with Gasteiger partial charge in [-0.05, 0) is 44.3 Å². The highest BCUT2D eigenvalue weighted by molar-refractivity contribution is 6.60. The first-order chi connectivity index (χ1) is 9.19. The molecule has 1 rings (SSSR count). The van der Waals surface area contributed by atoms with E-state index in [0.29, 0.717) is 11.0 Å². The van der Waals surface area contributed by atoms with Crippen molar-refractivity contribution in [1.82, 2.24) is 0 Å². The second-order valence-electron chi connectivity index (χ2n) is 5.63. The van der Waals surface area contributed by atoms with Gasteiger partial charge in [0.2, 0.25) is 0 Å². The lowest BCUT2D eigenvalue weighted by atomic mass is 9.74. The second-order valence-corrected chi connectivity index (χ2v) is 5.63. The molecule has 0 unspecified atom stereocenters. The molecule has 1 aromatic rings. The summed E-state index contributed by atoms with van der Waals surface area (Å²) >= 11 is 0. The lowest BCUT2D eigenvalue weighted by Gasteiger charge is -2.38. The fourth-order valence-corrected chi connectivity index (χ4v) is 1.51. The van der Waals surface area contributed by atoms with Crippen molar-refractivity contribution in [2.75, 3.05) is 0 Å². The third kappa shape index (κ3) is 3.98. The molecule has 0 aliphatic rings. The molecule has 0 fully saturated rings. The van der Waals surface area contributed by atoms with Crippen molar-refractivity contribution < 1.29 is 14.8 Å². The van der Waals surface area contributed by atoms with Gasteiger partial charge < -0.3 is 14.8 Å². The predicted octanol–water partition coefficient (Wildman–Crippen LogP) is 1.75. The molecule has 108 valence electrons. The van der Waals surface area contributed by atoms with Crippen LogP contribution in [-0.4, -0.2) is 28.5 Å². The molecule has 7 heteroatoms. The van der Waals surface area contributed by atoms with Gasteiger partial charge in [0.05, 0.1) is 17.7 Å². The van der Waals surface area contributed by atoms with Gasteiger partial charge in [0.1, 0.15) is 0 Å². The number of azide groups is 1. The van der Waals surface area contributed by atoms with Gasteiger partial charge in [-0.1, -0.05) is 29.4 Å². The molecule has 0 radical (unpaired) electrons. The van der Waals surface area contributed by atoms with Crippen LogP contribution < -0.4 is 5.46 Å². The molecule has 0 aromatic heterocycles. The number of nitrogens with zero attached hydrogens (tertiary/aromatic N) is 3. The maximum atomic E-state index is 10.2. The molecular formula is C13H20BN3O3. The van der Waals surface area contributed by atoms with Crippen molar-refractivity contribution in [3.63, 3.8) is 0 Å². The summed E-state index contributed by atoms with van der Waals surface area (Å²) in [6, 6.07) is 7.01. The van der Waals surface area contributed by atoms with Gasteiger partial charge >= 0.3 is 7.12 Å². The molecule has 6 nitrogen and oxygen atoms in total. The zero-order valence-corrected chi connectivity index (χ0v) is 12.2. The number of aliphatic hydroxyl groups is 1. The van der Waals surface area contributed by atoms with Crippen molar-refractivity contribution in [3.8, 4) is 0 Å². The smallest absolute Gasteiger partial charge is 0.423 e. The molecule has 0 aliphatic carbocycles. The SMILES string of the molecule is CC(C)(O)C(C)(C)OB(O)c1ccccc1CN=[N+]=[N-]. The van der Waals surface area contributed by atoms with Gasteiger partial charge in [0.15, 0.2) is 0 Å². The summed E-state index contributed by atoms with van der Waals surface area (Å²) in [6.07, 6.45) is 0. The van der Waals surface area contributed by atoms with Crippen molar-refractivity contribution in [1.29, 1.82) is 0 Å². The van der Waals surface area contributed by atoms with Crippen LogP contribution in [0.4, 0.5) is 0 Å². The van der Waals surface area contributed by atoms with Crippen LogP contribution in [-0.2, 0) is 11.2 Å². The van der Waals surface area contributed by atoms with Crippen LogP contribution in [0, 0.1) is 0 Å². The minimum atomic E-state index is -1.21. The Hall–Kier alpha value is -1.53. The number of rotatable bonds is 6. The van der Waals surface area contributed by atoms with Gasteiger partial charge in [-0.25, -0.2) is 0 Å². The standard InChI is InChI=1S/C13H20BN3O3/c1-12(2,18)13(3,4)20-14(19)11-8-6-5-7-10(11)9-16-17-15/h5-8,18-19H,9H2,1-4H3. The van der Waals surface area contributed by atoms with E-state index in [-0.39, 0.29) is 6.54 Å². The van der Waals surface area contributed by atoms with Crippen LogP contribution in [0.5, 0.6) is 0 Å². The summed E-state index contributed by atoms with van der Waals surface area (Å²) in [6.45, 7) is 6.77. The quantitative estimate of drug-likeness (QED) is 0.358. The normalized spacial score (nSPS) is 11.9. The van der Waals surface area contributed by atoms with Crippen molar-refractivity contribution in [2.45, 2.75) is 45.4 Å². The van der Waals surface area contributed by atoms with E-state index in [1.54, 1.807) is 52.0 Å². The molecular weight excluding hydrogens is 257 g/mol. The van der Waals surface area contributed by atoms with E-state index in [1.165, 1.54) is 0 Å². The summed E-state index contributed by atoms with van der Waals surface area (Å²) in [7, 11) is -1.21. The zero-order chi connectivity index (χ0) is 15.4. The highest BCUT2D eigenvalue weighted by Crippen LogP contribution is 2.25. The molecule has 20 heavy (non-hydrogen) atoms. The monoisotopic (exact) mass is 277 g/mol. The Morgan fingerprint density at radius 2 is 1.90 bits per heavy atom. The van der Waals surface area contributed by atoms with Crippen molar-refractivity contribution in [3.05, 3.63) is 40.3 Å². The molecule has 0 heterocycles. The number of hydrogen-bond donors (Lipinski definition) is 2. The van der Waals surface area contributed by atoms with E-state index in [1.807, 2.05) is 0 Å². The van der Waals surface area contributed by atoms with Gasteiger partial charge in [-0.15, -0.1) is 0 Å². The summed E-state index contributed by atoms with van der Waals surface area (Å²) in [5.41, 5.74) is 7.53. The predicted molar refractivity (Wildman–Crippen MR) is 78.4 cm³/mol. The summed E-state index contributed by atoms with van der Waals surface area (Å²) in [5.74, 6) is 0. The van der Waals surface area contributed by atoms with Gasteiger partial charge in [-0.3, -0.25) is 0 Å². The maximum absolute atomic E-state index is 10.2. The van der Waals surface area contributed by atoms with Gasteiger partial charge in [0.25, 0.3) is 0 Å². The molecule has 0 atom stereocenters. The molecule has 0 bridgehead atoms. The van der Waals surface area contributed by atoms with Gasteiger partial charge in [0, 0.05) is 4.91 Å². The van der Waals surface area contributed by atoms with Crippen LogP contribution in [0.15, 0.2) is 29.4 Å². The highest BCUT2D eigenvalue weighted by Gasteiger charge is 2.39. The molecule has 0 saturated heterocycles. The van der Waals surface area contributed by atoms with E-state index in [0.717, 1.165) is 0 Å². The first-order valence-corrected chi connectivity index (χ1v) is 6.36. The lowest BCUT2D eigenvalue weighted by Crippen LogP contribution is -2.53. The van der Waals surface area contributed by atoms with E-state index < -0.39 is 18.3 Å². The largest absolute Gasteiger partial charge is 0.491 e. The molecule has 0 amide bonds. The van der Waals surface area contributed by atoms with E-state index in [4.69, 9.17) is 10.2 Å². The van der Waals surface area contributed by atoms with E-state index in [9.17, 15) is 10.1 Å².